The highest BCUT2D eigenvalue weighted by Gasteiger charge is 2.01. The normalized spacial score (nSPS) is 10.3. The molecule has 0 amide bonds. The first-order valence-corrected chi connectivity index (χ1v) is 6.70. The number of pyridine rings is 1. The first-order chi connectivity index (χ1) is 9.17. The van der Waals surface area contributed by atoms with Crippen molar-refractivity contribution in [2.45, 2.75) is 13.5 Å². The number of hydrogen-bond acceptors (Lipinski definition) is 3. The average Bonchev–Trinajstić information content (AvgIpc) is 2.37. The van der Waals surface area contributed by atoms with Crippen molar-refractivity contribution in [2.24, 2.45) is 0 Å². The van der Waals surface area contributed by atoms with Crippen LogP contribution in [0.25, 0.3) is 0 Å². The van der Waals surface area contributed by atoms with Crippen LogP contribution in [0.4, 0.5) is 5.82 Å². The zero-order valence-electron chi connectivity index (χ0n) is 10.5. The number of halogens is 2. The van der Waals surface area contributed by atoms with Gasteiger partial charge in [-0.2, -0.15) is 0 Å². The van der Waals surface area contributed by atoms with Crippen LogP contribution >= 0.6 is 23.2 Å². The molecule has 5 heteroatoms. The molecule has 1 N–H and O–H groups in total. The van der Waals surface area contributed by atoms with Gasteiger partial charge in [0.25, 0.3) is 0 Å². The van der Waals surface area contributed by atoms with Crippen LogP contribution in [0, 0.1) is 0 Å². The van der Waals surface area contributed by atoms with Crippen LogP contribution in [0.15, 0.2) is 36.5 Å². The largest absolute Gasteiger partial charge is 0.489 e. The van der Waals surface area contributed by atoms with Gasteiger partial charge in [0.05, 0.1) is 0 Å². The van der Waals surface area contributed by atoms with Crippen molar-refractivity contribution in [2.75, 3.05) is 11.9 Å². The standard InChI is InChI=1S/C14H14Cl2N2O/c1-2-17-14-4-3-10(8-18-14)9-19-13-6-11(15)5-12(16)7-13/h3-8H,2,9H2,1H3,(H,17,18). The molecule has 0 unspecified atom stereocenters. The molecule has 0 atom stereocenters. The maximum atomic E-state index is 5.90. The van der Waals surface area contributed by atoms with Crippen LogP contribution < -0.4 is 10.1 Å². The third-order valence-corrected chi connectivity index (χ3v) is 2.86. The predicted molar refractivity (Wildman–Crippen MR) is 79.2 cm³/mol. The lowest BCUT2D eigenvalue weighted by Crippen LogP contribution is -2.01. The van der Waals surface area contributed by atoms with Crippen molar-refractivity contribution in [1.82, 2.24) is 4.98 Å². The molecule has 1 heterocycles. The first-order valence-electron chi connectivity index (χ1n) is 5.95. The third-order valence-electron chi connectivity index (χ3n) is 2.42. The van der Waals surface area contributed by atoms with Gasteiger partial charge in [0.15, 0.2) is 0 Å². The summed E-state index contributed by atoms with van der Waals surface area (Å²) in [6.07, 6.45) is 1.78. The maximum absolute atomic E-state index is 5.90. The van der Waals surface area contributed by atoms with Crippen LogP contribution in [0.5, 0.6) is 5.75 Å². The lowest BCUT2D eigenvalue weighted by atomic mass is 10.3. The molecule has 0 bridgehead atoms. The van der Waals surface area contributed by atoms with E-state index in [0.29, 0.717) is 22.4 Å². The van der Waals surface area contributed by atoms with E-state index in [1.165, 1.54) is 0 Å². The average molecular weight is 297 g/mol. The molecule has 0 aliphatic carbocycles. The lowest BCUT2D eigenvalue weighted by Gasteiger charge is -2.08. The topological polar surface area (TPSA) is 34.1 Å². The van der Waals surface area contributed by atoms with Gasteiger partial charge in [-0.3, -0.25) is 0 Å². The molecule has 100 valence electrons. The quantitative estimate of drug-likeness (QED) is 0.888. The van der Waals surface area contributed by atoms with E-state index in [1.54, 1.807) is 24.4 Å². The van der Waals surface area contributed by atoms with E-state index < -0.39 is 0 Å². The van der Waals surface area contributed by atoms with Gasteiger partial charge < -0.3 is 10.1 Å². The zero-order valence-corrected chi connectivity index (χ0v) is 12.0. The second kappa shape index (κ2) is 6.64. The molecule has 0 fully saturated rings. The summed E-state index contributed by atoms with van der Waals surface area (Å²) in [4.78, 5) is 4.27. The number of hydrogen-bond donors (Lipinski definition) is 1. The Kier molecular flexibility index (Phi) is 4.88. The number of benzene rings is 1. The van der Waals surface area contributed by atoms with E-state index in [0.717, 1.165) is 17.9 Å². The fourth-order valence-corrected chi connectivity index (χ4v) is 2.08. The number of rotatable bonds is 5. The van der Waals surface area contributed by atoms with Crippen LogP contribution in [-0.2, 0) is 6.61 Å². The molecule has 0 radical (unpaired) electrons. The summed E-state index contributed by atoms with van der Waals surface area (Å²) in [5.41, 5.74) is 0.984. The number of ether oxygens (including phenoxy) is 1. The summed E-state index contributed by atoms with van der Waals surface area (Å²) in [6.45, 7) is 3.31. The third kappa shape index (κ3) is 4.30. The Morgan fingerprint density at radius 1 is 1.16 bits per heavy atom. The van der Waals surface area contributed by atoms with E-state index in [9.17, 15) is 0 Å². The second-order valence-electron chi connectivity index (χ2n) is 3.98. The minimum Gasteiger partial charge on any atom is -0.489 e. The number of anilines is 1. The van der Waals surface area contributed by atoms with E-state index in [-0.39, 0.29) is 0 Å². The van der Waals surface area contributed by atoms with E-state index in [4.69, 9.17) is 27.9 Å². The minimum atomic E-state index is 0.427. The highest BCUT2D eigenvalue weighted by molar-refractivity contribution is 6.34. The fourth-order valence-electron chi connectivity index (χ4n) is 1.57. The van der Waals surface area contributed by atoms with Crippen LogP contribution in [0.2, 0.25) is 10.0 Å². The SMILES string of the molecule is CCNc1ccc(COc2cc(Cl)cc(Cl)c2)cn1. The highest BCUT2D eigenvalue weighted by atomic mass is 35.5. The van der Waals surface area contributed by atoms with Crippen molar-refractivity contribution < 1.29 is 4.74 Å². The van der Waals surface area contributed by atoms with Crippen molar-refractivity contribution in [1.29, 1.82) is 0 Å². The van der Waals surface area contributed by atoms with Gasteiger partial charge in [0, 0.05) is 28.4 Å². The summed E-state index contributed by atoms with van der Waals surface area (Å²) < 4.78 is 5.62. The van der Waals surface area contributed by atoms with Crippen LogP contribution in [-0.4, -0.2) is 11.5 Å². The number of nitrogens with zero attached hydrogens (tertiary/aromatic N) is 1. The second-order valence-corrected chi connectivity index (χ2v) is 4.85. The molecule has 0 saturated heterocycles. The monoisotopic (exact) mass is 296 g/mol. The van der Waals surface area contributed by atoms with Crippen molar-refractivity contribution >= 4 is 29.0 Å². The molecule has 0 aliphatic heterocycles. The lowest BCUT2D eigenvalue weighted by molar-refractivity contribution is 0.306. The molecule has 1 aromatic carbocycles. The molecule has 0 spiro atoms. The summed E-state index contributed by atoms with van der Waals surface area (Å²) in [5, 5.41) is 4.25. The Bertz CT molecular complexity index is 523. The van der Waals surface area contributed by atoms with Gasteiger partial charge in [-0.1, -0.05) is 29.3 Å². The van der Waals surface area contributed by atoms with Crippen molar-refractivity contribution in [3.05, 3.63) is 52.1 Å². The molecule has 0 saturated carbocycles. The summed E-state index contributed by atoms with van der Waals surface area (Å²) in [6, 6.07) is 9.02. The van der Waals surface area contributed by atoms with E-state index in [1.807, 2.05) is 19.1 Å². The van der Waals surface area contributed by atoms with Crippen molar-refractivity contribution in [3.63, 3.8) is 0 Å². The van der Waals surface area contributed by atoms with Gasteiger partial charge >= 0.3 is 0 Å². The van der Waals surface area contributed by atoms with Crippen molar-refractivity contribution in [3.8, 4) is 5.75 Å². The molecule has 0 aliphatic rings. The molecular weight excluding hydrogens is 283 g/mol. The van der Waals surface area contributed by atoms with Gasteiger partial charge in [-0.25, -0.2) is 4.98 Å². The molecule has 19 heavy (non-hydrogen) atoms. The van der Waals surface area contributed by atoms with Gasteiger partial charge in [0.2, 0.25) is 0 Å². The summed E-state index contributed by atoms with van der Waals surface area (Å²) in [7, 11) is 0. The molecule has 2 rings (SSSR count). The minimum absolute atomic E-state index is 0.427. The highest BCUT2D eigenvalue weighted by Crippen LogP contribution is 2.24. The summed E-state index contributed by atoms with van der Waals surface area (Å²) >= 11 is 11.8. The summed E-state index contributed by atoms with van der Waals surface area (Å²) in [5.74, 6) is 1.50. The molecular formula is C14H14Cl2N2O. The van der Waals surface area contributed by atoms with Gasteiger partial charge in [0.1, 0.15) is 18.2 Å². The predicted octanol–water partition coefficient (Wildman–Crippen LogP) is 4.40. The molecule has 3 nitrogen and oxygen atoms in total. The maximum Gasteiger partial charge on any atom is 0.125 e. The Balaban J connectivity index is 1.98. The number of aromatic nitrogens is 1. The van der Waals surface area contributed by atoms with Gasteiger partial charge in [-0.05, 0) is 31.2 Å². The molecule has 1 aromatic heterocycles. The van der Waals surface area contributed by atoms with E-state index in [2.05, 4.69) is 10.3 Å². The smallest absolute Gasteiger partial charge is 0.125 e. The molecule has 2 aromatic rings. The van der Waals surface area contributed by atoms with Gasteiger partial charge in [-0.15, -0.1) is 0 Å². The number of nitrogens with one attached hydrogen (secondary N) is 1. The first kappa shape index (κ1) is 14.0. The Morgan fingerprint density at radius 2 is 1.89 bits per heavy atom. The fraction of sp³-hybridized carbons (Fsp3) is 0.214. The van der Waals surface area contributed by atoms with E-state index >= 15 is 0 Å². The van der Waals surface area contributed by atoms with Crippen LogP contribution in [0.3, 0.4) is 0 Å². The zero-order chi connectivity index (χ0) is 13.7. The Hall–Kier alpha value is -1.45. The van der Waals surface area contributed by atoms with Crippen LogP contribution in [0.1, 0.15) is 12.5 Å². The Morgan fingerprint density at radius 3 is 2.47 bits per heavy atom. The Labute approximate surface area is 122 Å².